The molecule has 1 aliphatic rings. The molecule has 3 heterocycles. The van der Waals surface area contributed by atoms with Crippen LogP contribution in [0.15, 0.2) is 30.6 Å². The third kappa shape index (κ3) is 2.48. The van der Waals surface area contributed by atoms with E-state index in [-0.39, 0.29) is 5.97 Å². The Hall–Kier alpha value is -3.07. The molecule has 132 valence electrons. The summed E-state index contributed by atoms with van der Waals surface area (Å²) in [6, 6.07) is 8.79. The van der Waals surface area contributed by atoms with E-state index in [1.54, 1.807) is 17.8 Å². The van der Waals surface area contributed by atoms with E-state index in [9.17, 15) is 10.1 Å². The summed E-state index contributed by atoms with van der Waals surface area (Å²) >= 11 is 0. The monoisotopic (exact) mass is 348 g/mol. The summed E-state index contributed by atoms with van der Waals surface area (Å²) in [5.41, 5.74) is 4.21. The fourth-order valence-electron chi connectivity index (χ4n) is 3.85. The molecule has 0 amide bonds. The Kier molecular flexibility index (Phi) is 4.00. The fraction of sp³-hybridized carbons (Fsp3) is 0.350. The van der Waals surface area contributed by atoms with Crippen molar-refractivity contribution in [1.29, 1.82) is 5.26 Å². The maximum Gasteiger partial charge on any atom is 0.341 e. The number of hydrogen-bond donors (Lipinski definition) is 0. The molecule has 6 nitrogen and oxygen atoms in total. The summed E-state index contributed by atoms with van der Waals surface area (Å²) in [6.45, 7) is 4.31. The predicted molar refractivity (Wildman–Crippen MR) is 97.4 cm³/mol. The summed E-state index contributed by atoms with van der Waals surface area (Å²) in [6.07, 6.45) is 6.34. The van der Waals surface area contributed by atoms with Crippen molar-refractivity contribution in [2.45, 2.75) is 39.2 Å². The van der Waals surface area contributed by atoms with Gasteiger partial charge in [-0.3, -0.25) is 0 Å². The second-order valence-corrected chi connectivity index (χ2v) is 6.64. The van der Waals surface area contributed by atoms with E-state index in [0.29, 0.717) is 18.2 Å². The van der Waals surface area contributed by atoms with Crippen molar-refractivity contribution in [2.24, 2.45) is 0 Å². The molecule has 0 fully saturated rings. The number of nitrogens with zero attached hydrogens (tertiary/aromatic N) is 4. The summed E-state index contributed by atoms with van der Waals surface area (Å²) in [5, 5.41) is 14.9. The molecule has 2 aromatic heterocycles. The molecule has 0 saturated carbocycles. The molecule has 3 aromatic rings. The molecular formula is C20H20N4O2. The first-order chi connectivity index (χ1) is 12.6. The van der Waals surface area contributed by atoms with Crippen LogP contribution in [0.4, 0.5) is 0 Å². The van der Waals surface area contributed by atoms with Crippen LogP contribution < -0.4 is 0 Å². The molecule has 1 aliphatic heterocycles. The van der Waals surface area contributed by atoms with E-state index in [1.807, 2.05) is 18.2 Å². The summed E-state index contributed by atoms with van der Waals surface area (Å²) in [7, 11) is 0. The molecule has 1 unspecified atom stereocenters. The standard InChI is InChI=1S/C20H20N4O2/c1-3-26-20(25)14-11-22-23(12-14)15-7-8-19-16(9-15)17(10-21)18-6-4-5-13(2)24(18)19/h7-9,11-13H,3-6H2,1-2H3. The van der Waals surface area contributed by atoms with E-state index < -0.39 is 0 Å². The van der Waals surface area contributed by atoms with Crippen molar-refractivity contribution < 1.29 is 9.53 Å². The minimum atomic E-state index is -0.384. The largest absolute Gasteiger partial charge is 0.462 e. The van der Waals surface area contributed by atoms with Gasteiger partial charge in [0.1, 0.15) is 6.07 Å². The molecule has 0 spiro atoms. The number of ether oxygens (including phenoxy) is 1. The Morgan fingerprint density at radius 1 is 1.46 bits per heavy atom. The lowest BCUT2D eigenvalue weighted by atomic mass is 10.0. The first-order valence-corrected chi connectivity index (χ1v) is 8.93. The van der Waals surface area contributed by atoms with Gasteiger partial charge < -0.3 is 9.30 Å². The van der Waals surface area contributed by atoms with Gasteiger partial charge in [0.05, 0.1) is 29.6 Å². The van der Waals surface area contributed by atoms with Crippen molar-refractivity contribution in [2.75, 3.05) is 6.61 Å². The van der Waals surface area contributed by atoms with E-state index in [0.717, 1.165) is 47.1 Å². The van der Waals surface area contributed by atoms with E-state index in [4.69, 9.17) is 4.74 Å². The molecule has 1 aromatic carbocycles. The number of rotatable bonds is 3. The highest BCUT2D eigenvalue weighted by Gasteiger charge is 2.24. The highest BCUT2D eigenvalue weighted by atomic mass is 16.5. The second kappa shape index (κ2) is 6.34. The van der Waals surface area contributed by atoms with Crippen molar-refractivity contribution >= 4 is 16.9 Å². The van der Waals surface area contributed by atoms with Gasteiger partial charge in [0.15, 0.2) is 0 Å². The number of benzene rings is 1. The van der Waals surface area contributed by atoms with Gasteiger partial charge >= 0.3 is 5.97 Å². The lowest BCUT2D eigenvalue weighted by molar-refractivity contribution is 0.0526. The van der Waals surface area contributed by atoms with Gasteiger partial charge in [-0.15, -0.1) is 0 Å². The van der Waals surface area contributed by atoms with Gasteiger partial charge in [-0.1, -0.05) is 0 Å². The highest BCUT2D eigenvalue weighted by Crippen LogP contribution is 2.36. The third-order valence-electron chi connectivity index (χ3n) is 5.03. The summed E-state index contributed by atoms with van der Waals surface area (Å²) in [4.78, 5) is 11.8. The molecule has 4 rings (SSSR count). The minimum absolute atomic E-state index is 0.329. The predicted octanol–water partition coefficient (Wildman–Crippen LogP) is 3.77. The van der Waals surface area contributed by atoms with Gasteiger partial charge in [0.2, 0.25) is 0 Å². The van der Waals surface area contributed by atoms with Crippen LogP contribution in [0.1, 0.15) is 54.3 Å². The van der Waals surface area contributed by atoms with Gasteiger partial charge in [-0.2, -0.15) is 10.4 Å². The molecule has 0 bridgehead atoms. The molecule has 0 radical (unpaired) electrons. The minimum Gasteiger partial charge on any atom is -0.462 e. The second-order valence-electron chi connectivity index (χ2n) is 6.64. The van der Waals surface area contributed by atoms with Gasteiger partial charge in [-0.05, 0) is 51.3 Å². The third-order valence-corrected chi connectivity index (χ3v) is 5.03. The SMILES string of the molecule is CCOC(=O)c1cnn(-c2ccc3c(c2)c(C#N)c2n3C(C)CCC2)c1. The summed E-state index contributed by atoms with van der Waals surface area (Å²) in [5.74, 6) is -0.384. The quantitative estimate of drug-likeness (QED) is 0.675. The Morgan fingerprint density at radius 3 is 3.08 bits per heavy atom. The average Bonchev–Trinajstić information content (AvgIpc) is 3.25. The number of esters is 1. The Balaban J connectivity index is 1.82. The van der Waals surface area contributed by atoms with Crippen LogP contribution in [0.2, 0.25) is 0 Å². The molecule has 26 heavy (non-hydrogen) atoms. The van der Waals surface area contributed by atoms with Crippen molar-refractivity contribution in [1.82, 2.24) is 14.3 Å². The topological polar surface area (TPSA) is 72.8 Å². The zero-order chi connectivity index (χ0) is 18.3. The number of carbonyl (C=O) groups excluding carboxylic acids is 1. The van der Waals surface area contributed by atoms with Crippen LogP contribution in [0.5, 0.6) is 0 Å². The van der Waals surface area contributed by atoms with E-state index in [2.05, 4.69) is 22.7 Å². The number of carbonyl (C=O) groups is 1. The average molecular weight is 348 g/mol. The van der Waals surface area contributed by atoms with Gasteiger partial charge in [0.25, 0.3) is 0 Å². The molecular weight excluding hydrogens is 328 g/mol. The number of fused-ring (bicyclic) bond motifs is 3. The Morgan fingerprint density at radius 2 is 2.31 bits per heavy atom. The van der Waals surface area contributed by atoms with Crippen LogP contribution in [0.3, 0.4) is 0 Å². The lowest BCUT2D eigenvalue weighted by Gasteiger charge is -2.23. The van der Waals surface area contributed by atoms with Crippen molar-refractivity contribution in [3.8, 4) is 11.8 Å². The molecule has 0 N–H and O–H groups in total. The Labute approximate surface area is 151 Å². The fourth-order valence-corrected chi connectivity index (χ4v) is 3.85. The van der Waals surface area contributed by atoms with Crippen LogP contribution in [0.25, 0.3) is 16.6 Å². The zero-order valence-corrected chi connectivity index (χ0v) is 14.9. The maximum absolute atomic E-state index is 11.8. The summed E-state index contributed by atoms with van der Waals surface area (Å²) < 4.78 is 8.96. The maximum atomic E-state index is 11.8. The van der Waals surface area contributed by atoms with Crippen LogP contribution >= 0.6 is 0 Å². The van der Waals surface area contributed by atoms with Crippen LogP contribution in [-0.4, -0.2) is 26.9 Å². The van der Waals surface area contributed by atoms with Crippen LogP contribution in [-0.2, 0) is 11.2 Å². The van der Waals surface area contributed by atoms with Crippen LogP contribution in [0, 0.1) is 11.3 Å². The van der Waals surface area contributed by atoms with Crippen molar-refractivity contribution in [3.05, 3.63) is 47.4 Å². The molecule has 0 saturated heterocycles. The van der Waals surface area contributed by atoms with Gasteiger partial charge in [-0.25, -0.2) is 9.48 Å². The van der Waals surface area contributed by atoms with Crippen molar-refractivity contribution in [3.63, 3.8) is 0 Å². The number of hydrogen-bond acceptors (Lipinski definition) is 4. The Bertz CT molecular complexity index is 1040. The normalized spacial score (nSPS) is 16.3. The first kappa shape index (κ1) is 16.4. The highest BCUT2D eigenvalue weighted by molar-refractivity contribution is 5.91. The van der Waals surface area contributed by atoms with Gasteiger partial charge in [0, 0.05) is 28.8 Å². The molecule has 6 heteroatoms. The molecule has 1 atom stereocenters. The lowest BCUT2D eigenvalue weighted by Crippen LogP contribution is -2.15. The molecule has 0 aliphatic carbocycles. The smallest absolute Gasteiger partial charge is 0.341 e. The zero-order valence-electron chi connectivity index (χ0n) is 14.9. The number of nitriles is 1. The number of aromatic nitrogens is 3. The van der Waals surface area contributed by atoms with E-state index in [1.165, 1.54) is 6.20 Å². The van der Waals surface area contributed by atoms with E-state index >= 15 is 0 Å². The first-order valence-electron chi connectivity index (χ1n) is 8.93.